The van der Waals surface area contributed by atoms with Crippen LogP contribution in [0, 0.1) is 11.8 Å². The second kappa shape index (κ2) is 4.71. The van der Waals surface area contributed by atoms with Gasteiger partial charge in [-0.05, 0) is 24.2 Å². The van der Waals surface area contributed by atoms with Crippen LogP contribution in [0.1, 0.15) is 13.8 Å². The quantitative estimate of drug-likeness (QED) is 0.540. The zero-order chi connectivity index (χ0) is 6.57. The van der Waals surface area contributed by atoms with E-state index in [2.05, 4.69) is 32.3 Å². The fourth-order valence-electron chi connectivity index (χ4n) is 0.465. The van der Waals surface area contributed by atoms with Crippen molar-refractivity contribution in [3.63, 3.8) is 0 Å². The molecule has 0 bridgehead atoms. The van der Waals surface area contributed by atoms with Gasteiger partial charge in [-0.15, -0.1) is 18.5 Å². The molecule has 0 aromatic carbocycles. The van der Waals surface area contributed by atoms with E-state index < -0.39 is 0 Å². The molecule has 0 aromatic rings. The smallest absolute Gasteiger partial charge is 0.0353 e. The van der Waals surface area contributed by atoms with Crippen LogP contribution in [-0.4, -0.2) is 12.3 Å². The predicted octanol–water partition coefficient (Wildman–Crippen LogP) is 2.01. The fraction of sp³-hybridized carbons (Fsp3) is 1.00. The maximum atomic E-state index is 2.78. The van der Waals surface area contributed by atoms with Gasteiger partial charge in [0.2, 0.25) is 0 Å². The Morgan fingerprint density at radius 2 is 1.25 bits per heavy atom. The molecule has 4 atom stereocenters. The van der Waals surface area contributed by atoms with E-state index in [0.29, 0.717) is 0 Å². The van der Waals surface area contributed by atoms with Gasteiger partial charge in [-0.25, -0.2) is 0 Å². The summed E-state index contributed by atoms with van der Waals surface area (Å²) >= 11 is 0. The lowest BCUT2D eigenvalue weighted by Crippen LogP contribution is -2.09. The van der Waals surface area contributed by atoms with Crippen LogP contribution in [0.15, 0.2) is 0 Å². The summed E-state index contributed by atoms with van der Waals surface area (Å²) in [5.74, 6) is 1.72. The van der Waals surface area contributed by atoms with E-state index >= 15 is 0 Å². The summed E-state index contributed by atoms with van der Waals surface area (Å²) in [6, 6.07) is 0. The molecule has 0 aromatic heterocycles. The van der Waals surface area contributed by atoms with Gasteiger partial charge in [0.05, 0.1) is 0 Å². The second-order valence-corrected chi connectivity index (χ2v) is 3.37. The van der Waals surface area contributed by atoms with E-state index in [0.717, 1.165) is 11.8 Å². The van der Waals surface area contributed by atoms with Crippen molar-refractivity contribution in [2.24, 2.45) is 11.8 Å². The zero-order valence-corrected chi connectivity index (χ0v) is 8.03. The van der Waals surface area contributed by atoms with Crippen LogP contribution in [0.4, 0.5) is 0 Å². The van der Waals surface area contributed by atoms with Gasteiger partial charge in [0.1, 0.15) is 0 Å². The Kier molecular flexibility index (Phi) is 5.22. The van der Waals surface area contributed by atoms with Gasteiger partial charge < -0.3 is 0 Å². The summed E-state index contributed by atoms with van der Waals surface area (Å²) in [5, 5.41) is 0. The molecule has 0 rings (SSSR count). The van der Waals surface area contributed by atoms with Gasteiger partial charge in [0.15, 0.2) is 0 Å². The summed E-state index contributed by atoms with van der Waals surface area (Å²) in [4.78, 5) is 0. The Hall–Kier alpha value is 0.860. The molecule has 0 fully saturated rings. The number of hydrogen-bond acceptors (Lipinski definition) is 0. The van der Waals surface area contributed by atoms with Crippen molar-refractivity contribution in [1.82, 2.24) is 0 Å². The van der Waals surface area contributed by atoms with Crippen molar-refractivity contribution in [3.8, 4) is 0 Å². The molecule has 0 saturated carbocycles. The van der Waals surface area contributed by atoms with Crippen LogP contribution in [0.2, 0.25) is 0 Å². The lowest BCUT2D eigenvalue weighted by molar-refractivity contribution is 0.472. The van der Waals surface area contributed by atoms with Gasteiger partial charge in [-0.3, -0.25) is 0 Å². The van der Waals surface area contributed by atoms with E-state index in [-0.39, 0.29) is 0 Å². The summed E-state index contributed by atoms with van der Waals surface area (Å²) < 4.78 is 0. The van der Waals surface area contributed by atoms with Crippen molar-refractivity contribution in [3.05, 3.63) is 0 Å². The van der Waals surface area contributed by atoms with Crippen molar-refractivity contribution in [1.29, 1.82) is 0 Å². The maximum Gasteiger partial charge on any atom is -0.0353 e. The first-order chi connectivity index (χ1) is 3.72. The highest BCUT2D eigenvalue weighted by Gasteiger charge is 2.05. The molecule has 0 aliphatic rings. The van der Waals surface area contributed by atoms with Crippen molar-refractivity contribution in [2.45, 2.75) is 13.8 Å². The zero-order valence-electron chi connectivity index (χ0n) is 5.72. The third-order valence-electron chi connectivity index (χ3n) is 1.71. The second-order valence-electron chi connectivity index (χ2n) is 2.43. The number of hydrogen-bond donors (Lipinski definition) is 0. The predicted molar refractivity (Wildman–Crippen MR) is 47.5 cm³/mol. The van der Waals surface area contributed by atoms with Gasteiger partial charge in [-0.2, -0.15) is 0 Å². The summed E-state index contributed by atoms with van der Waals surface area (Å²) in [7, 11) is 5.57. The van der Waals surface area contributed by atoms with Crippen LogP contribution in [0.3, 0.4) is 0 Å². The Balaban J connectivity index is 3.29. The lowest BCUT2D eigenvalue weighted by Gasteiger charge is -2.14. The molecule has 0 aliphatic heterocycles. The molecule has 8 heavy (non-hydrogen) atoms. The summed E-state index contributed by atoms with van der Waals surface area (Å²) in [6.45, 7) is 4.59. The van der Waals surface area contributed by atoms with Gasteiger partial charge in [0, 0.05) is 0 Å². The van der Waals surface area contributed by atoms with E-state index in [1.165, 1.54) is 12.3 Å². The molecular weight excluding hydrogens is 134 g/mol. The highest BCUT2D eigenvalue weighted by molar-refractivity contribution is 7.16. The SMILES string of the molecule is CC(CP)C(C)CP. The molecule has 0 nitrogen and oxygen atoms in total. The van der Waals surface area contributed by atoms with Gasteiger partial charge >= 0.3 is 0 Å². The van der Waals surface area contributed by atoms with E-state index in [9.17, 15) is 0 Å². The minimum absolute atomic E-state index is 0.859. The van der Waals surface area contributed by atoms with Crippen LogP contribution in [0.25, 0.3) is 0 Å². The monoisotopic (exact) mass is 150 g/mol. The minimum atomic E-state index is 0.859. The molecule has 0 amide bonds. The molecule has 0 radical (unpaired) electrons. The van der Waals surface area contributed by atoms with Crippen LogP contribution >= 0.6 is 18.5 Å². The highest BCUT2D eigenvalue weighted by atomic mass is 31.0. The molecule has 50 valence electrons. The Morgan fingerprint density at radius 1 is 1.00 bits per heavy atom. The topological polar surface area (TPSA) is 0 Å². The van der Waals surface area contributed by atoms with E-state index in [1.54, 1.807) is 0 Å². The molecule has 0 N–H and O–H groups in total. The van der Waals surface area contributed by atoms with Gasteiger partial charge in [-0.1, -0.05) is 13.8 Å². The molecule has 2 heteroatoms. The molecule has 0 heterocycles. The standard InChI is InChI=1S/C6H16P2/c1-5(3-7)6(2)4-8/h5-6H,3-4,7-8H2,1-2H3. The van der Waals surface area contributed by atoms with Crippen molar-refractivity contribution in [2.75, 3.05) is 12.3 Å². The Morgan fingerprint density at radius 3 is 1.38 bits per heavy atom. The lowest BCUT2D eigenvalue weighted by atomic mass is 10.0. The van der Waals surface area contributed by atoms with Crippen LogP contribution in [0.5, 0.6) is 0 Å². The van der Waals surface area contributed by atoms with Crippen molar-refractivity contribution >= 4 is 18.5 Å². The minimum Gasteiger partial charge on any atom is -0.137 e. The van der Waals surface area contributed by atoms with Gasteiger partial charge in [0.25, 0.3) is 0 Å². The Labute approximate surface area is 57.2 Å². The summed E-state index contributed by atoms with van der Waals surface area (Å²) in [6.07, 6.45) is 2.46. The van der Waals surface area contributed by atoms with E-state index in [4.69, 9.17) is 0 Å². The third kappa shape index (κ3) is 3.00. The third-order valence-corrected chi connectivity index (χ3v) is 3.20. The maximum absolute atomic E-state index is 2.78. The largest absolute Gasteiger partial charge is 0.137 e. The first kappa shape index (κ1) is 8.86. The Bertz CT molecular complexity index is 46.5. The molecule has 0 saturated heterocycles. The molecule has 0 aliphatic carbocycles. The summed E-state index contributed by atoms with van der Waals surface area (Å²) in [5.41, 5.74) is 0. The first-order valence-corrected chi connectivity index (χ1v) is 4.75. The normalized spacial score (nSPS) is 18.0. The average Bonchev–Trinajstić information content (AvgIpc) is 1.84. The van der Waals surface area contributed by atoms with E-state index in [1.807, 2.05) is 0 Å². The average molecular weight is 150 g/mol. The highest BCUT2D eigenvalue weighted by Crippen LogP contribution is 2.15. The molecule has 4 unspecified atom stereocenters. The van der Waals surface area contributed by atoms with Crippen molar-refractivity contribution < 1.29 is 0 Å². The van der Waals surface area contributed by atoms with Crippen LogP contribution in [-0.2, 0) is 0 Å². The fourth-order valence-corrected chi connectivity index (χ4v) is 1.39. The number of rotatable bonds is 3. The molecule has 0 spiro atoms. The molecular formula is C6H16P2. The van der Waals surface area contributed by atoms with Crippen LogP contribution < -0.4 is 0 Å². The first-order valence-electron chi connectivity index (χ1n) is 3.12.